The van der Waals surface area contributed by atoms with E-state index in [1.807, 2.05) is 12.1 Å². The van der Waals surface area contributed by atoms with Crippen LogP contribution in [-0.2, 0) is 0 Å². The van der Waals surface area contributed by atoms with Gasteiger partial charge in [0.2, 0.25) is 0 Å². The first-order valence-corrected chi connectivity index (χ1v) is 17.3. The van der Waals surface area contributed by atoms with Gasteiger partial charge in [0.25, 0.3) is 0 Å². The summed E-state index contributed by atoms with van der Waals surface area (Å²) in [6, 6.07) is 61.6. The lowest BCUT2D eigenvalue weighted by molar-refractivity contribution is 0.670. The number of nitrogens with one attached hydrogen (secondary N) is 1. The van der Waals surface area contributed by atoms with Crippen molar-refractivity contribution >= 4 is 55.2 Å². The topological polar surface area (TPSA) is 49.9 Å². The van der Waals surface area contributed by atoms with Gasteiger partial charge < -0.3 is 9.73 Å². The van der Waals surface area contributed by atoms with Crippen LogP contribution in [0.15, 0.2) is 190 Å². The highest BCUT2D eigenvalue weighted by Gasteiger charge is 2.24. The Morgan fingerprint density at radius 3 is 1.98 bits per heavy atom. The summed E-state index contributed by atoms with van der Waals surface area (Å²) >= 11 is 0. The maximum absolute atomic E-state index is 6.84. The number of furan rings is 1. The first kappa shape index (κ1) is 29.2. The van der Waals surface area contributed by atoms with Crippen LogP contribution in [0.2, 0.25) is 0 Å². The van der Waals surface area contributed by atoms with E-state index in [0.717, 1.165) is 77.5 Å². The van der Waals surface area contributed by atoms with Gasteiger partial charge >= 0.3 is 0 Å². The second-order valence-electron chi connectivity index (χ2n) is 13.0. The predicted molar refractivity (Wildman–Crippen MR) is 211 cm³/mol. The van der Waals surface area contributed by atoms with Gasteiger partial charge in [0.15, 0.2) is 5.84 Å². The van der Waals surface area contributed by atoms with Crippen LogP contribution < -0.4 is 5.32 Å². The zero-order chi connectivity index (χ0) is 33.7. The molecule has 0 fully saturated rings. The minimum Gasteiger partial charge on any atom is -0.455 e. The van der Waals surface area contributed by atoms with Crippen molar-refractivity contribution in [2.45, 2.75) is 6.17 Å². The third kappa shape index (κ3) is 5.08. The average molecular weight is 654 g/mol. The Labute approximate surface area is 295 Å². The summed E-state index contributed by atoms with van der Waals surface area (Å²) in [4.78, 5) is 10.5. The Balaban J connectivity index is 1.22. The molecule has 0 amide bonds. The molecule has 0 saturated carbocycles. The fourth-order valence-electron chi connectivity index (χ4n) is 7.44. The van der Waals surface area contributed by atoms with Crippen molar-refractivity contribution in [3.8, 4) is 22.3 Å². The predicted octanol–water partition coefficient (Wildman–Crippen LogP) is 11.7. The molecule has 8 aromatic carbocycles. The zero-order valence-corrected chi connectivity index (χ0v) is 27.6. The lowest BCUT2D eigenvalue weighted by Gasteiger charge is -2.24. The summed E-state index contributed by atoms with van der Waals surface area (Å²) < 4.78 is 6.84. The summed E-state index contributed by atoms with van der Waals surface area (Å²) in [6.07, 6.45) is -0.328. The summed E-state index contributed by atoms with van der Waals surface area (Å²) in [5, 5.41) is 10.5. The standard InChI is InChI=1S/C47H31N3O/c1-3-13-30(14-4-1)34-20-11-21-35(27-34)46-48-45(33-17-5-2-6-18-33)49-47(50-46)36-28-41(39-24-12-19-31-15-7-9-22-37(31)39)43-40-26-25-32-16-8-10-23-38(32)44(40)51-42(43)29-36/h1-29,45H,(H,48,49,50). The Morgan fingerprint density at radius 2 is 1.14 bits per heavy atom. The second-order valence-corrected chi connectivity index (χ2v) is 13.0. The molecule has 1 aromatic heterocycles. The summed E-state index contributed by atoms with van der Waals surface area (Å²) in [5.74, 6) is 1.42. The maximum atomic E-state index is 6.84. The fourth-order valence-corrected chi connectivity index (χ4v) is 7.44. The Hall–Kier alpha value is -6.78. The van der Waals surface area contributed by atoms with E-state index in [0.29, 0.717) is 5.84 Å². The van der Waals surface area contributed by atoms with Gasteiger partial charge in [0.05, 0.1) is 0 Å². The van der Waals surface area contributed by atoms with Gasteiger partial charge in [-0.15, -0.1) is 0 Å². The van der Waals surface area contributed by atoms with Crippen molar-refractivity contribution in [2.75, 3.05) is 0 Å². The summed E-state index contributed by atoms with van der Waals surface area (Å²) in [7, 11) is 0. The van der Waals surface area contributed by atoms with Crippen LogP contribution in [-0.4, -0.2) is 11.7 Å². The molecular weight excluding hydrogens is 623 g/mol. The zero-order valence-electron chi connectivity index (χ0n) is 27.6. The van der Waals surface area contributed by atoms with Gasteiger partial charge in [-0.2, -0.15) is 0 Å². The van der Waals surface area contributed by atoms with Crippen LogP contribution in [0, 0.1) is 0 Å². The van der Waals surface area contributed by atoms with Crippen LogP contribution in [0.25, 0.3) is 65.7 Å². The average Bonchev–Trinajstić information content (AvgIpc) is 3.60. The monoisotopic (exact) mass is 653 g/mol. The van der Waals surface area contributed by atoms with Gasteiger partial charge in [0, 0.05) is 27.3 Å². The molecule has 1 aliphatic heterocycles. The fraction of sp³-hybridized carbons (Fsp3) is 0.0213. The second kappa shape index (κ2) is 12.0. The van der Waals surface area contributed by atoms with Crippen molar-refractivity contribution in [3.05, 3.63) is 193 Å². The molecule has 0 radical (unpaired) electrons. The molecule has 51 heavy (non-hydrogen) atoms. The minimum absolute atomic E-state index is 0.328. The molecule has 9 aromatic rings. The van der Waals surface area contributed by atoms with Crippen molar-refractivity contribution in [1.82, 2.24) is 5.32 Å². The molecule has 0 saturated heterocycles. The third-order valence-corrected chi connectivity index (χ3v) is 9.90. The van der Waals surface area contributed by atoms with Crippen LogP contribution in [0.1, 0.15) is 22.9 Å². The number of hydrogen-bond acceptors (Lipinski definition) is 4. The first-order chi connectivity index (χ1) is 25.3. The largest absolute Gasteiger partial charge is 0.455 e. The van der Waals surface area contributed by atoms with Crippen molar-refractivity contribution in [3.63, 3.8) is 0 Å². The number of benzene rings is 8. The molecule has 0 spiro atoms. The van der Waals surface area contributed by atoms with E-state index in [9.17, 15) is 0 Å². The highest BCUT2D eigenvalue weighted by molar-refractivity contribution is 6.23. The Kier molecular flexibility index (Phi) is 6.85. The first-order valence-electron chi connectivity index (χ1n) is 17.3. The molecule has 4 heteroatoms. The molecule has 1 unspecified atom stereocenters. The summed E-state index contributed by atoms with van der Waals surface area (Å²) in [6.45, 7) is 0. The van der Waals surface area contributed by atoms with E-state index in [1.165, 1.54) is 10.8 Å². The van der Waals surface area contributed by atoms with Crippen LogP contribution >= 0.6 is 0 Å². The number of nitrogens with zero attached hydrogens (tertiary/aromatic N) is 2. The van der Waals surface area contributed by atoms with Gasteiger partial charge in [0.1, 0.15) is 23.2 Å². The van der Waals surface area contributed by atoms with Gasteiger partial charge in [-0.05, 0) is 68.2 Å². The number of hydrogen-bond donors (Lipinski definition) is 1. The molecule has 10 rings (SSSR count). The van der Waals surface area contributed by atoms with Crippen molar-refractivity contribution < 1.29 is 4.42 Å². The van der Waals surface area contributed by atoms with Crippen molar-refractivity contribution in [2.24, 2.45) is 9.98 Å². The minimum atomic E-state index is -0.328. The number of fused-ring (bicyclic) bond motifs is 6. The molecule has 0 bridgehead atoms. The van der Waals surface area contributed by atoms with E-state index in [1.54, 1.807) is 0 Å². The Bertz CT molecular complexity index is 2830. The highest BCUT2D eigenvalue weighted by atomic mass is 16.3. The van der Waals surface area contributed by atoms with Crippen LogP contribution in [0.4, 0.5) is 0 Å². The van der Waals surface area contributed by atoms with E-state index < -0.39 is 0 Å². The van der Waals surface area contributed by atoms with Crippen molar-refractivity contribution in [1.29, 1.82) is 0 Å². The molecular formula is C47H31N3O. The van der Waals surface area contributed by atoms with E-state index in [2.05, 4.69) is 169 Å². The lowest BCUT2D eigenvalue weighted by atomic mass is 9.92. The van der Waals surface area contributed by atoms with Crippen LogP contribution in [0.5, 0.6) is 0 Å². The summed E-state index contributed by atoms with van der Waals surface area (Å²) in [5.41, 5.74) is 9.17. The molecule has 1 aliphatic rings. The molecule has 1 N–H and O–H groups in total. The third-order valence-electron chi connectivity index (χ3n) is 9.90. The quantitative estimate of drug-likeness (QED) is 0.201. The maximum Gasteiger partial charge on any atom is 0.159 e. The normalized spacial score (nSPS) is 14.5. The van der Waals surface area contributed by atoms with Gasteiger partial charge in [-0.3, -0.25) is 0 Å². The molecule has 2 heterocycles. The number of rotatable bonds is 5. The lowest BCUT2D eigenvalue weighted by Crippen LogP contribution is -2.33. The van der Waals surface area contributed by atoms with E-state index in [-0.39, 0.29) is 6.17 Å². The number of amidine groups is 2. The molecule has 240 valence electrons. The Morgan fingerprint density at radius 1 is 0.471 bits per heavy atom. The highest BCUT2D eigenvalue weighted by Crippen LogP contribution is 2.42. The number of aliphatic imine (C=N–C) groups is 2. The van der Waals surface area contributed by atoms with Gasteiger partial charge in [-0.1, -0.05) is 152 Å². The molecule has 0 aliphatic carbocycles. The SMILES string of the molecule is c1ccc(-c2cccc(C3=NC(c4cc(-c5cccc6ccccc56)c5c(c4)oc4c6ccccc6ccc45)=NC(c4ccccc4)N3)c2)cc1. The van der Waals surface area contributed by atoms with Gasteiger partial charge in [-0.25, -0.2) is 9.98 Å². The molecule has 1 atom stereocenters. The van der Waals surface area contributed by atoms with Crippen LogP contribution in [0.3, 0.4) is 0 Å². The van der Waals surface area contributed by atoms with E-state index in [4.69, 9.17) is 14.4 Å². The smallest absolute Gasteiger partial charge is 0.159 e. The van der Waals surface area contributed by atoms with E-state index >= 15 is 0 Å². The molecule has 4 nitrogen and oxygen atoms in total.